The SMILES string of the molecule is COc1ccc(Cl)cc1C1(O)CCN2CCCCC21. The Morgan fingerprint density at radius 1 is 1.37 bits per heavy atom. The fourth-order valence-corrected chi connectivity index (χ4v) is 3.78. The summed E-state index contributed by atoms with van der Waals surface area (Å²) in [5.74, 6) is 0.735. The van der Waals surface area contributed by atoms with E-state index in [9.17, 15) is 5.11 Å². The van der Waals surface area contributed by atoms with E-state index < -0.39 is 5.60 Å². The first-order valence-corrected chi connectivity index (χ1v) is 7.33. The van der Waals surface area contributed by atoms with E-state index in [0.29, 0.717) is 5.02 Å². The summed E-state index contributed by atoms with van der Waals surface area (Å²) in [5.41, 5.74) is 0.0216. The summed E-state index contributed by atoms with van der Waals surface area (Å²) in [6.45, 7) is 2.05. The second-order valence-electron chi connectivity index (χ2n) is 5.57. The smallest absolute Gasteiger partial charge is 0.125 e. The van der Waals surface area contributed by atoms with Crippen LogP contribution in [0.15, 0.2) is 18.2 Å². The van der Waals surface area contributed by atoms with E-state index in [1.54, 1.807) is 13.2 Å². The second-order valence-corrected chi connectivity index (χ2v) is 6.00. The van der Waals surface area contributed by atoms with Gasteiger partial charge in [-0.3, -0.25) is 4.90 Å². The van der Waals surface area contributed by atoms with Crippen LogP contribution in [0.25, 0.3) is 0 Å². The normalized spacial score (nSPS) is 31.2. The Balaban J connectivity index is 2.02. The van der Waals surface area contributed by atoms with E-state index in [1.165, 1.54) is 12.8 Å². The lowest BCUT2D eigenvalue weighted by Gasteiger charge is -2.38. The average molecular weight is 282 g/mol. The summed E-state index contributed by atoms with van der Waals surface area (Å²) in [4.78, 5) is 2.41. The molecule has 2 unspecified atom stereocenters. The van der Waals surface area contributed by atoms with Crippen LogP contribution in [0.4, 0.5) is 0 Å². The van der Waals surface area contributed by atoms with Gasteiger partial charge in [0.15, 0.2) is 0 Å². The first kappa shape index (κ1) is 13.2. The molecule has 104 valence electrons. The molecule has 19 heavy (non-hydrogen) atoms. The van der Waals surface area contributed by atoms with Gasteiger partial charge in [-0.25, -0.2) is 0 Å². The second kappa shape index (κ2) is 4.97. The maximum absolute atomic E-state index is 11.2. The van der Waals surface area contributed by atoms with Crippen molar-refractivity contribution in [2.75, 3.05) is 20.2 Å². The van der Waals surface area contributed by atoms with Gasteiger partial charge in [-0.1, -0.05) is 18.0 Å². The van der Waals surface area contributed by atoms with E-state index in [0.717, 1.165) is 37.2 Å². The number of halogens is 1. The van der Waals surface area contributed by atoms with Gasteiger partial charge in [-0.05, 0) is 44.0 Å². The monoisotopic (exact) mass is 281 g/mol. The molecule has 0 radical (unpaired) electrons. The van der Waals surface area contributed by atoms with E-state index >= 15 is 0 Å². The third-order valence-electron chi connectivity index (χ3n) is 4.57. The number of nitrogens with zero attached hydrogens (tertiary/aromatic N) is 1. The van der Waals surface area contributed by atoms with Crippen molar-refractivity contribution in [2.24, 2.45) is 0 Å². The lowest BCUT2D eigenvalue weighted by molar-refractivity contribution is -0.0154. The Labute approximate surface area is 119 Å². The fraction of sp³-hybridized carbons (Fsp3) is 0.600. The predicted molar refractivity (Wildman–Crippen MR) is 75.7 cm³/mol. The summed E-state index contributed by atoms with van der Waals surface area (Å²) in [7, 11) is 1.64. The number of ether oxygens (including phenoxy) is 1. The van der Waals surface area contributed by atoms with Gasteiger partial charge >= 0.3 is 0 Å². The number of fused-ring (bicyclic) bond motifs is 1. The molecular weight excluding hydrogens is 262 g/mol. The van der Waals surface area contributed by atoms with Crippen molar-refractivity contribution >= 4 is 11.6 Å². The molecule has 2 saturated heterocycles. The van der Waals surface area contributed by atoms with Crippen LogP contribution in [0.5, 0.6) is 5.75 Å². The summed E-state index contributed by atoms with van der Waals surface area (Å²) in [5, 5.41) is 11.9. The third-order valence-corrected chi connectivity index (χ3v) is 4.81. The highest BCUT2D eigenvalue weighted by Gasteiger charge is 2.49. The molecule has 0 aromatic heterocycles. The zero-order valence-electron chi connectivity index (χ0n) is 11.2. The highest BCUT2D eigenvalue weighted by Crippen LogP contribution is 2.45. The van der Waals surface area contributed by atoms with Crippen LogP contribution in [0.1, 0.15) is 31.2 Å². The van der Waals surface area contributed by atoms with Crippen molar-refractivity contribution in [3.05, 3.63) is 28.8 Å². The standard InChI is InChI=1S/C15H20ClNO2/c1-19-13-6-5-11(16)10-12(13)15(18)7-9-17-8-3-2-4-14(15)17/h5-6,10,14,18H,2-4,7-9H2,1H3. The van der Waals surface area contributed by atoms with E-state index in [2.05, 4.69) is 4.90 Å². The van der Waals surface area contributed by atoms with Gasteiger partial charge < -0.3 is 9.84 Å². The minimum Gasteiger partial charge on any atom is -0.496 e. The highest BCUT2D eigenvalue weighted by molar-refractivity contribution is 6.30. The molecule has 2 atom stereocenters. The van der Waals surface area contributed by atoms with Crippen LogP contribution < -0.4 is 4.74 Å². The van der Waals surface area contributed by atoms with Gasteiger partial charge in [0, 0.05) is 23.2 Å². The minimum atomic E-state index is -0.823. The van der Waals surface area contributed by atoms with Crippen molar-refractivity contribution in [3.8, 4) is 5.75 Å². The van der Waals surface area contributed by atoms with Gasteiger partial charge in [-0.2, -0.15) is 0 Å². The average Bonchev–Trinajstić information content (AvgIpc) is 2.78. The lowest BCUT2D eigenvalue weighted by Crippen LogP contribution is -2.45. The molecular formula is C15H20ClNO2. The Bertz CT molecular complexity index is 479. The van der Waals surface area contributed by atoms with Crippen LogP contribution in [0, 0.1) is 0 Å². The zero-order chi connectivity index (χ0) is 13.5. The number of benzene rings is 1. The van der Waals surface area contributed by atoms with Crippen molar-refractivity contribution in [1.29, 1.82) is 0 Å². The van der Waals surface area contributed by atoms with Crippen LogP contribution in [-0.4, -0.2) is 36.2 Å². The predicted octanol–water partition coefficient (Wildman–Crippen LogP) is 2.79. The molecule has 3 rings (SSSR count). The number of aliphatic hydroxyl groups is 1. The van der Waals surface area contributed by atoms with Gasteiger partial charge in [-0.15, -0.1) is 0 Å². The number of methoxy groups -OCH3 is 1. The van der Waals surface area contributed by atoms with E-state index in [1.807, 2.05) is 12.1 Å². The molecule has 2 fully saturated rings. The maximum atomic E-state index is 11.2. The van der Waals surface area contributed by atoms with E-state index in [-0.39, 0.29) is 6.04 Å². The van der Waals surface area contributed by atoms with Crippen molar-refractivity contribution in [2.45, 2.75) is 37.3 Å². The molecule has 2 aliphatic rings. The number of hydrogen-bond acceptors (Lipinski definition) is 3. The quantitative estimate of drug-likeness (QED) is 0.905. The third kappa shape index (κ3) is 2.14. The number of piperidine rings is 1. The van der Waals surface area contributed by atoms with Gasteiger partial charge in [0.1, 0.15) is 11.4 Å². The minimum absolute atomic E-state index is 0.202. The molecule has 0 spiro atoms. The zero-order valence-corrected chi connectivity index (χ0v) is 12.0. The summed E-state index contributed by atoms with van der Waals surface area (Å²) >= 11 is 6.11. The largest absolute Gasteiger partial charge is 0.496 e. The molecule has 0 bridgehead atoms. The van der Waals surface area contributed by atoms with Crippen LogP contribution in [-0.2, 0) is 5.60 Å². The van der Waals surface area contributed by atoms with Crippen molar-refractivity contribution in [3.63, 3.8) is 0 Å². The Hall–Kier alpha value is -0.770. The van der Waals surface area contributed by atoms with Crippen LogP contribution in [0.3, 0.4) is 0 Å². The molecule has 2 heterocycles. The highest BCUT2D eigenvalue weighted by atomic mass is 35.5. The van der Waals surface area contributed by atoms with Crippen LogP contribution >= 0.6 is 11.6 Å². The molecule has 3 nitrogen and oxygen atoms in total. The molecule has 1 aromatic rings. The lowest BCUT2D eigenvalue weighted by atomic mass is 9.82. The van der Waals surface area contributed by atoms with Crippen LogP contribution in [0.2, 0.25) is 5.02 Å². The number of rotatable bonds is 2. The summed E-state index contributed by atoms with van der Waals surface area (Å²) in [6, 6.07) is 5.72. The van der Waals surface area contributed by atoms with Crippen molar-refractivity contribution in [1.82, 2.24) is 4.90 Å². The molecule has 0 aliphatic carbocycles. The molecule has 2 aliphatic heterocycles. The molecule has 1 N–H and O–H groups in total. The first-order chi connectivity index (χ1) is 9.15. The Morgan fingerprint density at radius 3 is 3.00 bits per heavy atom. The molecule has 4 heteroatoms. The van der Waals surface area contributed by atoms with Gasteiger partial charge in [0.2, 0.25) is 0 Å². The van der Waals surface area contributed by atoms with E-state index in [4.69, 9.17) is 16.3 Å². The Kier molecular flexibility index (Phi) is 3.46. The van der Waals surface area contributed by atoms with Crippen molar-refractivity contribution < 1.29 is 9.84 Å². The summed E-state index contributed by atoms with van der Waals surface area (Å²) < 4.78 is 5.42. The molecule has 1 aromatic carbocycles. The molecule has 0 saturated carbocycles. The first-order valence-electron chi connectivity index (χ1n) is 6.95. The maximum Gasteiger partial charge on any atom is 0.125 e. The van der Waals surface area contributed by atoms with Gasteiger partial charge in [0.05, 0.1) is 7.11 Å². The number of hydrogen-bond donors (Lipinski definition) is 1. The topological polar surface area (TPSA) is 32.7 Å². The Morgan fingerprint density at radius 2 is 2.21 bits per heavy atom. The van der Waals surface area contributed by atoms with Gasteiger partial charge in [0.25, 0.3) is 0 Å². The fourth-order valence-electron chi connectivity index (χ4n) is 3.61. The molecule has 0 amide bonds. The summed E-state index contributed by atoms with van der Waals surface area (Å²) in [6.07, 6.45) is 4.23.